The second-order valence-corrected chi connectivity index (χ2v) is 5.96. The van der Waals surface area contributed by atoms with Gasteiger partial charge in [0.25, 0.3) is 0 Å². The number of unbranched alkanes of at least 4 members (excludes halogenated alkanes) is 5. The molecule has 108 valence electrons. The molecular weight excluding hydrogens is 262 g/mol. The molecule has 2 amide bonds. The van der Waals surface area contributed by atoms with Gasteiger partial charge in [0, 0.05) is 13.0 Å². The van der Waals surface area contributed by atoms with Crippen LogP contribution in [0.1, 0.15) is 51.9 Å². The van der Waals surface area contributed by atoms with E-state index in [9.17, 15) is 9.59 Å². The summed E-state index contributed by atoms with van der Waals surface area (Å²) in [6, 6.07) is 0. The van der Waals surface area contributed by atoms with E-state index in [4.69, 9.17) is 5.41 Å². The van der Waals surface area contributed by atoms with Crippen LogP contribution in [0, 0.1) is 5.41 Å². The molecule has 6 heteroatoms. The molecule has 5 nitrogen and oxygen atoms in total. The molecule has 0 aromatic rings. The van der Waals surface area contributed by atoms with Gasteiger partial charge in [0.1, 0.15) is 5.25 Å². The van der Waals surface area contributed by atoms with Crippen molar-refractivity contribution in [2.24, 2.45) is 0 Å². The lowest BCUT2D eigenvalue weighted by molar-refractivity contribution is -0.125. The maximum atomic E-state index is 11.6. The predicted molar refractivity (Wildman–Crippen MR) is 78.3 cm³/mol. The van der Waals surface area contributed by atoms with E-state index in [1.165, 1.54) is 25.7 Å². The van der Waals surface area contributed by atoms with Gasteiger partial charge in [0.2, 0.25) is 11.8 Å². The Hall–Kier alpha value is -1.04. The zero-order valence-electron chi connectivity index (χ0n) is 11.5. The van der Waals surface area contributed by atoms with Crippen molar-refractivity contribution in [1.29, 1.82) is 5.41 Å². The van der Waals surface area contributed by atoms with Gasteiger partial charge in [-0.15, -0.1) is 0 Å². The molecule has 1 aliphatic rings. The minimum absolute atomic E-state index is 0.101. The molecule has 0 aromatic carbocycles. The number of rotatable bonds is 9. The Morgan fingerprint density at radius 2 is 2.00 bits per heavy atom. The lowest BCUT2D eigenvalue weighted by Crippen LogP contribution is -2.31. The van der Waals surface area contributed by atoms with E-state index in [-0.39, 0.29) is 23.4 Å². The van der Waals surface area contributed by atoms with Crippen LogP contribution in [0.25, 0.3) is 0 Å². The van der Waals surface area contributed by atoms with Gasteiger partial charge in [-0.2, -0.15) is 0 Å². The Labute approximate surface area is 118 Å². The van der Waals surface area contributed by atoms with Gasteiger partial charge >= 0.3 is 0 Å². The first kappa shape index (κ1) is 16.0. The van der Waals surface area contributed by atoms with Crippen molar-refractivity contribution in [1.82, 2.24) is 10.6 Å². The third kappa shape index (κ3) is 6.61. The molecule has 0 bridgehead atoms. The van der Waals surface area contributed by atoms with Gasteiger partial charge in [-0.1, -0.05) is 50.8 Å². The van der Waals surface area contributed by atoms with Crippen molar-refractivity contribution in [3.63, 3.8) is 0 Å². The molecule has 0 radical (unpaired) electrons. The first-order chi connectivity index (χ1) is 9.13. The lowest BCUT2D eigenvalue weighted by Gasteiger charge is -2.07. The molecule has 1 unspecified atom stereocenters. The summed E-state index contributed by atoms with van der Waals surface area (Å²) >= 11 is 1.12. The van der Waals surface area contributed by atoms with Crippen LogP contribution in [-0.4, -0.2) is 28.8 Å². The highest BCUT2D eigenvalue weighted by molar-refractivity contribution is 8.15. The van der Waals surface area contributed by atoms with Crippen molar-refractivity contribution in [2.75, 3.05) is 6.54 Å². The zero-order valence-corrected chi connectivity index (χ0v) is 12.3. The molecule has 0 aromatic heterocycles. The predicted octanol–water partition coefficient (Wildman–Crippen LogP) is 2.02. The normalized spacial score (nSPS) is 18.5. The van der Waals surface area contributed by atoms with Gasteiger partial charge < -0.3 is 10.6 Å². The Morgan fingerprint density at radius 1 is 1.32 bits per heavy atom. The molecule has 19 heavy (non-hydrogen) atoms. The van der Waals surface area contributed by atoms with E-state index in [1.54, 1.807) is 0 Å². The maximum absolute atomic E-state index is 11.6. The minimum atomic E-state index is -0.433. The number of carbonyl (C=O) groups excluding carboxylic acids is 2. The van der Waals surface area contributed by atoms with Gasteiger partial charge in [-0.25, -0.2) is 0 Å². The summed E-state index contributed by atoms with van der Waals surface area (Å²) in [5.41, 5.74) is 0. The SMILES string of the molecule is CCCCCCCCNC(=O)CC1SC(=N)NC1=O. The Morgan fingerprint density at radius 3 is 2.63 bits per heavy atom. The zero-order chi connectivity index (χ0) is 14.1. The monoisotopic (exact) mass is 285 g/mol. The summed E-state index contributed by atoms with van der Waals surface area (Å²) < 4.78 is 0. The van der Waals surface area contributed by atoms with Gasteiger partial charge in [0.15, 0.2) is 5.17 Å². The summed E-state index contributed by atoms with van der Waals surface area (Å²) in [5, 5.41) is 12.2. The third-order valence-electron chi connectivity index (χ3n) is 3.01. The molecular formula is C13H23N3O2S. The lowest BCUT2D eigenvalue weighted by atomic mass is 10.1. The van der Waals surface area contributed by atoms with Crippen molar-refractivity contribution in [3.05, 3.63) is 0 Å². The van der Waals surface area contributed by atoms with E-state index in [1.807, 2.05) is 0 Å². The smallest absolute Gasteiger partial charge is 0.240 e. The van der Waals surface area contributed by atoms with E-state index in [0.717, 1.165) is 24.6 Å². The van der Waals surface area contributed by atoms with Gasteiger partial charge in [0.05, 0.1) is 0 Å². The first-order valence-corrected chi connectivity index (χ1v) is 7.84. The van der Waals surface area contributed by atoms with E-state index >= 15 is 0 Å². The standard InChI is InChI=1S/C13H23N3O2S/c1-2-3-4-5-6-7-8-15-11(17)9-10-12(18)16-13(14)19-10/h10H,2-9H2,1H3,(H,15,17)(H2,14,16,18). The van der Waals surface area contributed by atoms with Gasteiger partial charge in [-0.05, 0) is 6.42 Å². The Bertz CT molecular complexity index is 334. The number of hydrogen-bond acceptors (Lipinski definition) is 4. The van der Waals surface area contributed by atoms with E-state index in [0.29, 0.717) is 6.54 Å². The largest absolute Gasteiger partial charge is 0.356 e. The van der Waals surface area contributed by atoms with Crippen LogP contribution in [0.2, 0.25) is 0 Å². The van der Waals surface area contributed by atoms with Gasteiger partial charge in [-0.3, -0.25) is 15.0 Å². The number of amides is 2. The van der Waals surface area contributed by atoms with E-state index < -0.39 is 5.25 Å². The van der Waals surface area contributed by atoms with Crippen molar-refractivity contribution in [3.8, 4) is 0 Å². The highest BCUT2D eigenvalue weighted by Gasteiger charge is 2.30. The summed E-state index contributed by atoms with van der Waals surface area (Å²) in [5.74, 6) is -0.333. The number of carbonyl (C=O) groups is 2. The molecule has 1 atom stereocenters. The fourth-order valence-corrected chi connectivity index (χ4v) is 2.77. The second-order valence-electron chi connectivity index (χ2n) is 4.75. The van der Waals surface area contributed by atoms with Crippen LogP contribution in [0.15, 0.2) is 0 Å². The molecule has 1 saturated heterocycles. The molecule has 3 N–H and O–H groups in total. The fraction of sp³-hybridized carbons (Fsp3) is 0.769. The summed E-state index contributed by atoms with van der Waals surface area (Å²) in [6.45, 7) is 2.87. The summed E-state index contributed by atoms with van der Waals surface area (Å²) in [6.07, 6.45) is 7.32. The average molecular weight is 285 g/mol. The fourth-order valence-electron chi connectivity index (χ4n) is 1.93. The highest BCUT2D eigenvalue weighted by Crippen LogP contribution is 2.20. The third-order valence-corrected chi connectivity index (χ3v) is 4.02. The van der Waals surface area contributed by atoms with Crippen molar-refractivity contribution in [2.45, 2.75) is 57.1 Å². The number of hydrogen-bond donors (Lipinski definition) is 3. The molecule has 1 fully saturated rings. The Balaban J connectivity index is 2.02. The molecule has 1 heterocycles. The average Bonchev–Trinajstić information content (AvgIpc) is 2.66. The Kier molecular flexibility index (Phi) is 7.55. The minimum Gasteiger partial charge on any atom is -0.356 e. The molecule has 0 aliphatic carbocycles. The maximum Gasteiger partial charge on any atom is 0.240 e. The molecule has 1 rings (SSSR count). The van der Waals surface area contributed by atoms with Crippen LogP contribution < -0.4 is 10.6 Å². The number of nitrogens with one attached hydrogen (secondary N) is 3. The molecule has 1 aliphatic heterocycles. The van der Waals surface area contributed by atoms with Crippen molar-refractivity contribution < 1.29 is 9.59 Å². The number of amidine groups is 1. The summed E-state index contributed by atoms with van der Waals surface area (Å²) in [7, 11) is 0. The van der Waals surface area contributed by atoms with Crippen LogP contribution in [0.4, 0.5) is 0 Å². The molecule has 0 saturated carbocycles. The second kappa shape index (κ2) is 8.96. The van der Waals surface area contributed by atoms with Crippen LogP contribution in [0.5, 0.6) is 0 Å². The quantitative estimate of drug-likeness (QED) is 0.567. The molecule has 0 spiro atoms. The summed E-state index contributed by atoms with van der Waals surface area (Å²) in [4.78, 5) is 23.0. The van der Waals surface area contributed by atoms with Crippen LogP contribution in [-0.2, 0) is 9.59 Å². The highest BCUT2D eigenvalue weighted by atomic mass is 32.2. The van der Waals surface area contributed by atoms with Crippen molar-refractivity contribution >= 4 is 28.7 Å². The first-order valence-electron chi connectivity index (χ1n) is 6.96. The number of thioether (sulfide) groups is 1. The van der Waals surface area contributed by atoms with E-state index in [2.05, 4.69) is 17.6 Å². The topological polar surface area (TPSA) is 82.1 Å². The van der Waals surface area contributed by atoms with Crippen LogP contribution >= 0.6 is 11.8 Å². The van der Waals surface area contributed by atoms with Crippen LogP contribution in [0.3, 0.4) is 0 Å².